The van der Waals surface area contributed by atoms with Crippen LogP contribution in [0.1, 0.15) is 6.42 Å². The molecule has 0 saturated carbocycles. The highest BCUT2D eigenvalue weighted by atomic mass is 79.9. The van der Waals surface area contributed by atoms with Crippen LogP contribution in [0.4, 0.5) is 11.6 Å². The molecule has 7 heteroatoms. The number of β-amino-alcohol motifs (C(OH)–C–C–N with tert-alkyl or cyclic N) is 1. The van der Waals surface area contributed by atoms with E-state index in [2.05, 4.69) is 41.0 Å². The molecular formula is C12H20BrN5O. The first-order valence-electron chi connectivity index (χ1n) is 6.30. The topological polar surface area (TPSA) is 64.5 Å². The summed E-state index contributed by atoms with van der Waals surface area (Å²) in [5, 5.41) is 13.0. The molecule has 1 aliphatic heterocycles. The van der Waals surface area contributed by atoms with Crippen molar-refractivity contribution in [2.75, 3.05) is 44.4 Å². The summed E-state index contributed by atoms with van der Waals surface area (Å²) >= 11 is 3.54. The third-order valence-electron chi connectivity index (χ3n) is 3.25. The smallest absolute Gasteiger partial charge is 0.148 e. The Morgan fingerprint density at radius 1 is 1.53 bits per heavy atom. The fourth-order valence-electron chi connectivity index (χ4n) is 2.48. The van der Waals surface area contributed by atoms with E-state index in [1.54, 1.807) is 6.33 Å². The van der Waals surface area contributed by atoms with E-state index in [0.29, 0.717) is 6.54 Å². The minimum atomic E-state index is -0.301. The number of nitrogens with zero attached hydrogens (tertiary/aromatic N) is 4. The zero-order valence-corrected chi connectivity index (χ0v) is 13.1. The SMILES string of the molecule is CNc1ncnc(N2CC(O)CC2CN(C)C)c1Br. The van der Waals surface area contributed by atoms with E-state index in [0.717, 1.165) is 29.1 Å². The maximum Gasteiger partial charge on any atom is 0.148 e. The molecule has 0 bridgehead atoms. The van der Waals surface area contributed by atoms with Crippen LogP contribution in [-0.4, -0.2) is 66.4 Å². The summed E-state index contributed by atoms with van der Waals surface area (Å²) in [6, 6.07) is 0.265. The number of anilines is 2. The van der Waals surface area contributed by atoms with Crippen LogP contribution in [0.15, 0.2) is 10.8 Å². The molecule has 1 aliphatic rings. The van der Waals surface area contributed by atoms with Gasteiger partial charge >= 0.3 is 0 Å². The van der Waals surface area contributed by atoms with Gasteiger partial charge in [0.15, 0.2) is 0 Å². The Morgan fingerprint density at radius 2 is 2.26 bits per heavy atom. The van der Waals surface area contributed by atoms with Crippen molar-refractivity contribution in [1.29, 1.82) is 0 Å². The average molecular weight is 330 g/mol. The quantitative estimate of drug-likeness (QED) is 0.851. The number of aliphatic hydroxyl groups excluding tert-OH is 1. The molecule has 0 aromatic carbocycles. The van der Waals surface area contributed by atoms with Gasteiger partial charge in [-0.3, -0.25) is 0 Å². The molecule has 6 nitrogen and oxygen atoms in total. The van der Waals surface area contributed by atoms with E-state index in [4.69, 9.17) is 0 Å². The second-order valence-corrected chi connectivity index (χ2v) is 5.86. The summed E-state index contributed by atoms with van der Waals surface area (Å²) in [7, 11) is 5.90. The lowest BCUT2D eigenvalue weighted by molar-refractivity contribution is 0.191. The molecule has 2 atom stereocenters. The summed E-state index contributed by atoms with van der Waals surface area (Å²) in [5.74, 6) is 1.60. The lowest BCUT2D eigenvalue weighted by Crippen LogP contribution is -2.38. The van der Waals surface area contributed by atoms with Crippen molar-refractivity contribution in [1.82, 2.24) is 14.9 Å². The van der Waals surface area contributed by atoms with Crippen LogP contribution in [0, 0.1) is 0 Å². The largest absolute Gasteiger partial charge is 0.391 e. The Morgan fingerprint density at radius 3 is 2.89 bits per heavy atom. The number of halogens is 1. The molecule has 0 radical (unpaired) electrons. The van der Waals surface area contributed by atoms with Gasteiger partial charge in [0.2, 0.25) is 0 Å². The molecule has 2 N–H and O–H groups in total. The lowest BCUT2D eigenvalue weighted by Gasteiger charge is -2.28. The number of hydrogen-bond donors (Lipinski definition) is 2. The van der Waals surface area contributed by atoms with Crippen molar-refractivity contribution in [3.63, 3.8) is 0 Å². The summed E-state index contributed by atoms with van der Waals surface area (Å²) < 4.78 is 0.843. The molecule has 0 aliphatic carbocycles. The van der Waals surface area contributed by atoms with E-state index in [-0.39, 0.29) is 12.1 Å². The Labute approximate surface area is 122 Å². The van der Waals surface area contributed by atoms with E-state index in [1.807, 2.05) is 21.1 Å². The van der Waals surface area contributed by atoms with Crippen molar-refractivity contribution in [3.8, 4) is 0 Å². The molecule has 2 unspecified atom stereocenters. The number of nitrogens with one attached hydrogen (secondary N) is 1. The highest BCUT2D eigenvalue weighted by molar-refractivity contribution is 9.10. The van der Waals surface area contributed by atoms with E-state index in [1.165, 1.54) is 0 Å². The van der Waals surface area contributed by atoms with Gasteiger partial charge in [-0.1, -0.05) is 0 Å². The monoisotopic (exact) mass is 329 g/mol. The summed E-state index contributed by atoms with van der Waals surface area (Å²) in [6.45, 7) is 1.50. The molecule has 1 saturated heterocycles. The van der Waals surface area contributed by atoms with Gasteiger partial charge in [0.05, 0.1) is 6.10 Å². The van der Waals surface area contributed by atoms with Gasteiger partial charge in [-0.2, -0.15) is 0 Å². The fraction of sp³-hybridized carbons (Fsp3) is 0.667. The van der Waals surface area contributed by atoms with Crippen LogP contribution in [0.25, 0.3) is 0 Å². The molecule has 1 fully saturated rings. The highest BCUT2D eigenvalue weighted by Crippen LogP contribution is 2.33. The van der Waals surface area contributed by atoms with Crippen LogP contribution in [0.2, 0.25) is 0 Å². The first kappa shape index (κ1) is 14.5. The fourth-order valence-corrected chi connectivity index (χ4v) is 3.11. The molecule has 2 rings (SSSR count). The summed E-state index contributed by atoms with van der Waals surface area (Å²) in [4.78, 5) is 12.8. The Balaban J connectivity index is 2.28. The van der Waals surface area contributed by atoms with Crippen molar-refractivity contribution in [2.45, 2.75) is 18.6 Å². The predicted octanol–water partition coefficient (Wildman–Crippen LogP) is 0.782. The average Bonchev–Trinajstić information content (AvgIpc) is 2.69. The molecule has 0 spiro atoms. The molecular weight excluding hydrogens is 310 g/mol. The van der Waals surface area contributed by atoms with Gasteiger partial charge in [-0.05, 0) is 36.4 Å². The van der Waals surface area contributed by atoms with Gasteiger partial charge in [0.25, 0.3) is 0 Å². The van der Waals surface area contributed by atoms with Crippen LogP contribution in [-0.2, 0) is 0 Å². The zero-order valence-electron chi connectivity index (χ0n) is 11.5. The number of likely N-dealkylation sites (N-methyl/N-ethyl adjacent to an activating group) is 1. The first-order valence-corrected chi connectivity index (χ1v) is 7.10. The van der Waals surface area contributed by atoms with Gasteiger partial charge < -0.3 is 20.2 Å². The normalized spacial score (nSPS) is 23.2. The third-order valence-corrected chi connectivity index (χ3v) is 3.98. The molecule has 106 valence electrons. The van der Waals surface area contributed by atoms with Crippen molar-refractivity contribution < 1.29 is 5.11 Å². The van der Waals surface area contributed by atoms with Crippen molar-refractivity contribution >= 4 is 27.6 Å². The van der Waals surface area contributed by atoms with Crippen LogP contribution in [0.5, 0.6) is 0 Å². The number of rotatable bonds is 4. The minimum Gasteiger partial charge on any atom is -0.391 e. The zero-order chi connectivity index (χ0) is 14.0. The van der Waals surface area contributed by atoms with Crippen LogP contribution in [0.3, 0.4) is 0 Å². The van der Waals surface area contributed by atoms with E-state index in [9.17, 15) is 5.11 Å². The Bertz CT molecular complexity index is 442. The van der Waals surface area contributed by atoms with Gasteiger partial charge in [0.1, 0.15) is 22.4 Å². The number of aromatic nitrogens is 2. The Hall–Kier alpha value is -0.920. The number of aliphatic hydroxyl groups is 1. The second-order valence-electron chi connectivity index (χ2n) is 5.07. The third kappa shape index (κ3) is 3.16. The summed E-state index contributed by atoms with van der Waals surface area (Å²) in [6.07, 6.45) is 2.01. The van der Waals surface area contributed by atoms with Gasteiger partial charge in [-0.25, -0.2) is 9.97 Å². The molecule has 1 aromatic rings. The second kappa shape index (κ2) is 6.02. The van der Waals surface area contributed by atoms with Crippen LogP contribution < -0.4 is 10.2 Å². The number of hydrogen-bond acceptors (Lipinski definition) is 6. The molecule has 19 heavy (non-hydrogen) atoms. The van der Waals surface area contributed by atoms with Gasteiger partial charge in [-0.15, -0.1) is 0 Å². The molecule has 2 heterocycles. The maximum absolute atomic E-state index is 9.93. The predicted molar refractivity (Wildman–Crippen MR) is 79.6 cm³/mol. The van der Waals surface area contributed by atoms with E-state index >= 15 is 0 Å². The van der Waals surface area contributed by atoms with Crippen LogP contribution >= 0.6 is 15.9 Å². The minimum absolute atomic E-state index is 0.265. The Kier molecular flexibility index (Phi) is 4.59. The molecule has 1 aromatic heterocycles. The maximum atomic E-state index is 9.93. The highest BCUT2D eigenvalue weighted by Gasteiger charge is 2.33. The van der Waals surface area contributed by atoms with Crippen molar-refractivity contribution in [2.24, 2.45) is 0 Å². The molecule has 0 amide bonds. The van der Waals surface area contributed by atoms with E-state index < -0.39 is 0 Å². The van der Waals surface area contributed by atoms with Crippen molar-refractivity contribution in [3.05, 3.63) is 10.8 Å². The summed E-state index contributed by atoms with van der Waals surface area (Å²) in [5.41, 5.74) is 0. The van der Waals surface area contributed by atoms with Gasteiger partial charge in [0, 0.05) is 26.2 Å². The lowest BCUT2D eigenvalue weighted by atomic mass is 10.2. The standard InChI is InChI=1S/C12H20BrN5O/c1-14-11-10(13)12(16-7-15-11)18-6-9(19)4-8(18)5-17(2)3/h7-9,19H,4-6H2,1-3H3,(H,14,15,16). The first-order chi connectivity index (χ1) is 9.02.